The van der Waals surface area contributed by atoms with Gasteiger partial charge in [0.05, 0.1) is 24.2 Å². The number of benzene rings is 2. The molecule has 7 heteroatoms. The van der Waals surface area contributed by atoms with Crippen LogP contribution in [0.5, 0.6) is 5.75 Å². The zero-order chi connectivity index (χ0) is 19.4. The van der Waals surface area contributed by atoms with Crippen molar-refractivity contribution >= 4 is 22.7 Å². The number of fused-ring (bicyclic) bond motifs is 1. The zero-order valence-corrected chi connectivity index (χ0v) is 16.3. The van der Waals surface area contributed by atoms with Crippen molar-refractivity contribution in [1.82, 2.24) is 9.55 Å². The van der Waals surface area contributed by atoms with Crippen molar-refractivity contribution in [2.24, 2.45) is 0 Å². The molecule has 2 aromatic carbocycles. The SMILES string of the molecule is Oc1ccc(N2CCN(c3nc4cccc5c4n3CCC53OCCO3)CC2)cc1. The van der Waals surface area contributed by atoms with Crippen LogP contribution in [-0.4, -0.2) is 54.1 Å². The third kappa shape index (κ3) is 2.61. The minimum absolute atomic E-state index is 0.305. The Morgan fingerprint density at radius 3 is 2.34 bits per heavy atom. The fourth-order valence-electron chi connectivity index (χ4n) is 4.91. The molecule has 1 N–H and O–H groups in total. The van der Waals surface area contributed by atoms with Gasteiger partial charge in [-0.1, -0.05) is 12.1 Å². The molecule has 0 aliphatic carbocycles. The van der Waals surface area contributed by atoms with Gasteiger partial charge in [-0.3, -0.25) is 0 Å². The van der Waals surface area contributed by atoms with Gasteiger partial charge < -0.3 is 28.9 Å². The number of ether oxygens (including phenoxy) is 2. The average molecular weight is 392 g/mol. The molecule has 29 heavy (non-hydrogen) atoms. The fourth-order valence-corrected chi connectivity index (χ4v) is 4.91. The van der Waals surface area contributed by atoms with Crippen molar-refractivity contribution in [2.75, 3.05) is 49.2 Å². The highest BCUT2D eigenvalue weighted by Crippen LogP contribution is 2.44. The first-order valence-electron chi connectivity index (χ1n) is 10.3. The summed E-state index contributed by atoms with van der Waals surface area (Å²) in [5.74, 6) is 0.759. The number of aromatic nitrogens is 2. The number of hydrogen-bond acceptors (Lipinski definition) is 6. The number of phenols is 1. The number of imidazole rings is 1. The number of phenolic OH excluding ortho intramolecular Hbond substituents is 1. The molecule has 7 nitrogen and oxygen atoms in total. The second-order valence-corrected chi connectivity index (χ2v) is 7.93. The van der Waals surface area contributed by atoms with Crippen molar-refractivity contribution < 1.29 is 14.6 Å². The first-order valence-corrected chi connectivity index (χ1v) is 10.3. The summed E-state index contributed by atoms with van der Waals surface area (Å²) in [6.45, 7) is 5.83. The molecule has 0 bridgehead atoms. The zero-order valence-electron chi connectivity index (χ0n) is 16.3. The van der Waals surface area contributed by atoms with Crippen LogP contribution in [0.4, 0.5) is 11.6 Å². The lowest BCUT2D eigenvalue weighted by Crippen LogP contribution is -2.47. The largest absolute Gasteiger partial charge is 0.508 e. The third-order valence-electron chi connectivity index (χ3n) is 6.35. The highest BCUT2D eigenvalue weighted by atomic mass is 16.7. The molecule has 6 rings (SSSR count). The molecular formula is C22H24N4O3. The van der Waals surface area contributed by atoms with Gasteiger partial charge in [-0.25, -0.2) is 4.98 Å². The van der Waals surface area contributed by atoms with Gasteiger partial charge in [0.15, 0.2) is 5.79 Å². The molecule has 0 amide bonds. The number of rotatable bonds is 2. The van der Waals surface area contributed by atoms with Gasteiger partial charge in [-0.05, 0) is 30.3 Å². The second-order valence-electron chi connectivity index (χ2n) is 7.93. The summed E-state index contributed by atoms with van der Waals surface area (Å²) in [4.78, 5) is 9.74. The van der Waals surface area contributed by atoms with Crippen molar-refractivity contribution in [3.05, 3.63) is 48.0 Å². The highest BCUT2D eigenvalue weighted by Gasteiger charge is 2.44. The summed E-state index contributed by atoms with van der Waals surface area (Å²) in [6.07, 6.45) is 0.815. The van der Waals surface area contributed by atoms with Crippen LogP contribution in [0.25, 0.3) is 11.0 Å². The summed E-state index contributed by atoms with van der Waals surface area (Å²) < 4.78 is 14.5. The van der Waals surface area contributed by atoms with Gasteiger partial charge in [0.2, 0.25) is 5.95 Å². The molecule has 150 valence electrons. The standard InChI is InChI=1S/C22H24N4O3/c27-17-6-4-16(5-7-17)24-10-12-25(13-11-24)21-23-19-3-1-2-18-20(19)26(21)9-8-22(18)28-14-15-29-22/h1-7,27H,8-15H2. The van der Waals surface area contributed by atoms with Crippen molar-refractivity contribution in [1.29, 1.82) is 0 Å². The number of piperazine rings is 1. The summed E-state index contributed by atoms with van der Waals surface area (Å²) >= 11 is 0. The molecule has 3 aromatic rings. The van der Waals surface area contributed by atoms with E-state index in [1.54, 1.807) is 12.1 Å². The highest BCUT2D eigenvalue weighted by molar-refractivity contribution is 5.83. The number of anilines is 2. The van der Waals surface area contributed by atoms with Gasteiger partial charge in [0.1, 0.15) is 5.75 Å². The van der Waals surface area contributed by atoms with Crippen LogP contribution in [0.15, 0.2) is 42.5 Å². The summed E-state index contributed by atoms with van der Waals surface area (Å²) in [7, 11) is 0. The first-order chi connectivity index (χ1) is 14.2. The van der Waals surface area contributed by atoms with Crippen LogP contribution in [0.3, 0.4) is 0 Å². The quantitative estimate of drug-likeness (QED) is 0.724. The van der Waals surface area contributed by atoms with Crippen molar-refractivity contribution in [3.63, 3.8) is 0 Å². The Labute approximate surface area is 169 Å². The van der Waals surface area contributed by atoms with Crippen LogP contribution < -0.4 is 9.80 Å². The van der Waals surface area contributed by atoms with E-state index >= 15 is 0 Å². The van der Waals surface area contributed by atoms with E-state index in [-0.39, 0.29) is 0 Å². The topological polar surface area (TPSA) is 63.0 Å². The number of hydrogen-bond donors (Lipinski definition) is 1. The molecular weight excluding hydrogens is 368 g/mol. The lowest BCUT2D eigenvalue weighted by molar-refractivity contribution is -0.174. The molecule has 0 radical (unpaired) electrons. The maximum atomic E-state index is 9.52. The van der Waals surface area contributed by atoms with E-state index in [0.717, 1.165) is 67.4 Å². The van der Waals surface area contributed by atoms with Crippen LogP contribution in [0, 0.1) is 0 Å². The lowest BCUT2D eigenvalue weighted by Gasteiger charge is -2.38. The Hall–Kier alpha value is -2.77. The number of para-hydroxylation sites is 1. The minimum atomic E-state index is -0.593. The van der Waals surface area contributed by atoms with Gasteiger partial charge in [-0.2, -0.15) is 0 Å². The molecule has 2 saturated heterocycles. The molecule has 2 fully saturated rings. The Morgan fingerprint density at radius 2 is 1.59 bits per heavy atom. The van der Waals surface area contributed by atoms with E-state index in [1.165, 1.54) is 0 Å². The predicted octanol–water partition coefficient (Wildman–Crippen LogP) is 2.67. The second kappa shape index (κ2) is 6.37. The Morgan fingerprint density at radius 1 is 0.862 bits per heavy atom. The van der Waals surface area contributed by atoms with Crippen molar-refractivity contribution in [3.8, 4) is 5.75 Å². The molecule has 0 atom stereocenters. The Bertz CT molecular complexity index is 1050. The Balaban J connectivity index is 1.30. The van der Waals surface area contributed by atoms with Crippen LogP contribution in [0.1, 0.15) is 12.0 Å². The molecule has 1 aromatic heterocycles. The van der Waals surface area contributed by atoms with Gasteiger partial charge in [0.25, 0.3) is 0 Å². The summed E-state index contributed by atoms with van der Waals surface area (Å²) in [5.41, 5.74) is 4.42. The Kier molecular flexibility index (Phi) is 3.76. The van der Waals surface area contributed by atoms with Crippen LogP contribution >= 0.6 is 0 Å². The fraction of sp³-hybridized carbons (Fsp3) is 0.409. The number of aryl methyl sites for hydroxylation is 1. The maximum absolute atomic E-state index is 9.52. The van der Waals surface area contributed by atoms with Gasteiger partial charge in [0, 0.05) is 50.4 Å². The van der Waals surface area contributed by atoms with Crippen LogP contribution in [0.2, 0.25) is 0 Å². The molecule has 0 unspecified atom stereocenters. The van der Waals surface area contributed by atoms with E-state index in [0.29, 0.717) is 19.0 Å². The smallest absolute Gasteiger partial charge is 0.206 e. The molecule has 3 aliphatic rings. The third-order valence-corrected chi connectivity index (χ3v) is 6.35. The van der Waals surface area contributed by atoms with E-state index in [4.69, 9.17) is 14.5 Å². The van der Waals surface area contributed by atoms with E-state index in [2.05, 4.69) is 32.6 Å². The molecule has 3 aliphatic heterocycles. The number of nitrogens with zero attached hydrogens (tertiary/aromatic N) is 4. The monoisotopic (exact) mass is 392 g/mol. The molecule has 0 saturated carbocycles. The number of aromatic hydroxyl groups is 1. The van der Waals surface area contributed by atoms with Gasteiger partial charge >= 0.3 is 0 Å². The predicted molar refractivity (Wildman–Crippen MR) is 110 cm³/mol. The van der Waals surface area contributed by atoms with E-state index in [9.17, 15) is 5.11 Å². The molecule has 1 spiro atoms. The van der Waals surface area contributed by atoms with Crippen molar-refractivity contribution in [2.45, 2.75) is 18.8 Å². The lowest BCUT2D eigenvalue weighted by atomic mass is 9.97. The minimum Gasteiger partial charge on any atom is -0.508 e. The summed E-state index contributed by atoms with van der Waals surface area (Å²) in [6, 6.07) is 13.7. The normalized spacial score (nSPS) is 20.7. The maximum Gasteiger partial charge on any atom is 0.206 e. The first kappa shape index (κ1) is 17.1. The average Bonchev–Trinajstić information content (AvgIpc) is 3.38. The summed E-state index contributed by atoms with van der Waals surface area (Å²) in [5, 5.41) is 9.52. The van der Waals surface area contributed by atoms with E-state index in [1.807, 2.05) is 12.1 Å². The van der Waals surface area contributed by atoms with Crippen LogP contribution in [-0.2, 0) is 21.8 Å². The van der Waals surface area contributed by atoms with E-state index < -0.39 is 5.79 Å². The molecule has 4 heterocycles. The van der Waals surface area contributed by atoms with Gasteiger partial charge in [-0.15, -0.1) is 0 Å².